The predicted molar refractivity (Wildman–Crippen MR) is 60.2 cm³/mol. The molecular weight excluding hydrogens is 172 g/mol. The molecule has 1 heterocycles. The van der Waals surface area contributed by atoms with E-state index < -0.39 is 0 Å². The van der Waals surface area contributed by atoms with Gasteiger partial charge in [0.15, 0.2) is 0 Å². The highest BCUT2D eigenvalue weighted by atomic mass is 14.9. The largest absolute Gasteiger partial charge is 0.307 e. The van der Waals surface area contributed by atoms with Gasteiger partial charge in [-0.05, 0) is 31.4 Å². The van der Waals surface area contributed by atoms with Gasteiger partial charge in [-0.3, -0.25) is 4.98 Å². The third-order valence-corrected chi connectivity index (χ3v) is 2.66. The van der Waals surface area contributed by atoms with Gasteiger partial charge in [-0.1, -0.05) is 19.9 Å². The molecule has 0 aliphatic carbocycles. The Kier molecular flexibility index (Phi) is 4.60. The molecule has 2 nitrogen and oxygen atoms in total. The molecule has 0 amide bonds. The van der Waals surface area contributed by atoms with E-state index in [1.807, 2.05) is 18.5 Å². The fourth-order valence-corrected chi connectivity index (χ4v) is 1.61. The zero-order valence-corrected chi connectivity index (χ0v) is 9.33. The van der Waals surface area contributed by atoms with E-state index in [2.05, 4.69) is 37.1 Å². The summed E-state index contributed by atoms with van der Waals surface area (Å²) in [5.41, 5.74) is 1.26. The van der Waals surface area contributed by atoms with Gasteiger partial charge in [0.1, 0.15) is 0 Å². The van der Waals surface area contributed by atoms with Crippen LogP contribution in [0.2, 0.25) is 0 Å². The van der Waals surface area contributed by atoms with Gasteiger partial charge in [-0.2, -0.15) is 0 Å². The first-order valence-electron chi connectivity index (χ1n) is 5.43. The van der Waals surface area contributed by atoms with Gasteiger partial charge in [-0.15, -0.1) is 0 Å². The number of pyridine rings is 1. The molecule has 1 aromatic heterocycles. The van der Waals surface area contributed by atoms with Crippen LogP contribution in [0.15, 0.2) is 24.5 Å². The fourth-order valence-electron chi connectivity index (χ4n) is 1.61. The van der Waals surface area contributed by atoms with Crippen molar-refractivity contribution < 1.29 is 0 Å². The topological polar surface area (TPSA) is 24.9 Å². The summed E-state index contributed by atoms with van der Waals surface area (Å²) in [7, 11) is 0. The summed E-state index contributed by atoms with van der Waals surface area (Å²) in [5, 5.41) is 3.59. The van der Waals surface area contributed by atoms with Crippen molar-refractivity contribution in [3.8, 4) is 0 Å². The lowest BCUT2D eigenvalue weighted by Gasteiger charge is -2.20. The lowest BCUT2D eigenvalue weighted by molar-refractivity contribution is 0.432. The highest BCUT2D eigenvalue weighted by Gasteiger charge is 2.09. The van der Waals surface area contributed by atoms with Crippen LogP contribution in [0, 0.1) is 0 Å². The van der Waals surface area contributed by atoms with Crippen LogP contribution >= 0.6 is 0 Å². The van der Waals surface area contributed by atoms with Gasteiger partial charge in [0.05, 0.1) is 0 Å². The number of aromatic nitrogens is 1. The van der Waals surface area contributed by atoms with E-state index in [4.69, 9.17) is 0 Å². The second-order valence-electron chi connectivity index (χ2n) is 3.69. The number of hydrogen-bond donors (Lipinski definition) is 1. The molecule has 1 atom stereocenters. The summed E-state index contributed by atoms with van der Waals surface area (Å²) in [6, 6.07) is 5.12. The standard InChI is InChI=1S/C12H20N2/c1-4-12(5-2)14-10(3)11-7-6-8-13-9-11/h6-10,12,14H,4-5H2,1-3H3. The minimum atomic E-state index is 0.397. The molecule has 1 N–H and O–H groups in total. The van der Waals surface area contributed by atoms with Crippen LogP contribution < -0.4 is 5.32 Å². The third-order valence-electron chi connectivity index (χ3n) is 2.66. The SMILES string of the molecule is CCC(CC)NC(C)c1cccnc1. The lowest BCUT2D eigenvalue weighted by Crippen LogP contribution is -2.30. The smallest absolute Gasteiger partial charge is 0.0315 e. The molecule has 78 valence electrons. The maximum Gasteiger partial charge on any atom is 0.0315 e. The zero-order chi connectivity index (χ0) is 10.4. The molecule has 0 radical (unpaired) electrons. The van der Waals surface area contributed by atoms with Crippen LogP contribution in [0.3, 0.4) is 0 Å². The Bertz CT molecular complexity index is 242. The Labute approximate surface area is 86.8 Å². The summed E-state index contributed by atoms with van der Waals surface area (Å²) in [6.07, 6.45) is 6.11. The average Bonchev–Trinajstić information content (AvgIpc) is 2.26. The molecule has 1 unspecified atom stereocenters. The number of nitrogens with zero attached hydrogens (tertiary/aromatic N) is 1. The van der Waals surface area contributed by atoms with Crippen molar-refractivity contribution in [2.75, 3.05) is 0 Å². The molecule has 0 spiro atoms. The third kappa shape index (κ3) is 3.11. The van der Waals surface area contributed by atoms with Crippen LogP contribution in [0.4, 0.5) is 0 Å². The van der Waals surface area contributed by atoms with E-state index in [1.54, 1.807) is 0 Å². The van der Waals surface area contributed by atoms with E-state index in [0.717, 1.165) is 0 Å². The highest BCUT2D eigenvalue weighted by Crippen LogP contribution is 2.12. The molecule has 0 fully saturated rings. The summed E-state index contributed by atoms with van der Waals surface area (Å²) in [4.78, 5) is 4.12. The van der Waals surface area contributed by atoms with E-state index >= 15 is 0 Å². The first kappa shape index (κ1) is 11.2. The average molecular weight is 192 g/mol. The summed E-state index contributed by atoms with van der Waals surface area (Å²) >= 11 is 0. The zero-order valence-electron chi connectivity index (χ0n) is 9.33. The number of nitrogens with one attached hydrogen (secondary N) is 1. The summed E-state index contributed by atoms with van der Waals surface area (Å²) in [6.45, 7) is 6.63. The van der Waals surface area contributed by atoms with Crippen LogP contribution in [0.5, 0.6) is 0 Å². The molecule has 0 aliphatic heterocycles. The molecular formula is C12H20N2. The quantitative estimate of drug-likeness (QED) is 0.776. The van der Waals surface area contributed by atoms with Crippen LogP contribution in [-0.4, -0.2) is 11.0 Å². The maximum atomic E-state index is 4.12. The van der Waals surface area contributed by atoms with E-state index in [9.17, 15) is 0 Å². The molecule has 14 heavy (non-hydrogen) atoms. The Balaban J connectivity index is 2.54. The normalized spacial score (nSPS) is 13.1. The molecule has 0 aliphatic rings. The van der Waals surface area contributed by atoms with E-state index in [1.165, 1.54) is 18.4 Å². The van der Waals surface area contributed by atoms with Crippen LogP contribution in [0.25, 0.3) is 0 Å². The van der Waals surface area contributed by atoms with Crippen molar-refractivity contribution >= 4 is 0 Å². The van der Waals surface area contributed by atoms with E-state index in [0.29, 0.717) is 12.1 Å². The molecule has 0 bridgehead atoms. The minimum absolute atomic E-state index is 0.397. The van der Waals surface area contributed by atoms with E-state index in [-0.39, 0.29) is 0 Å². The Morgan fingerprint density at radius 2 is 2.07 bits per heavy atom. The Morgan fingerprint density at radius 3 is 2.57 bits per heavy atom. The first-order chi connectivity index (χ1) is 6.77. The molecule has 0 saturated carbocycles. The van der Waals surface area contributed by atoms with Gasteiger partial charge in [0, 0.05) is 24.5 Å². The van der Waals surface area contributed by atoms with Gasteiger partial charge in [-0.25, -0.2) is 0 Å². The second kappa shape index (κ2) is 5.76. The predicted octanol–water partition coefficient (Wildman–Crippen LogP) is 2.92. The van der Waals surface area contributed by atoms with Gasteiger partial charge in [0.25, 0.3) is 0 Å². The molecule has 0 saturated heterocycles. The number of hydrogen-bond acceptors (Lipinski definition) is 2. The van der Waals surface area contributed by atoms with Crippen molar-refractivity contribution in [1.29, 1.82) is 0 Å². The Hall–Kier alpha value is -0.890. The maximum absolute atomic E-state index is 4.12. The summed E-state index contributed by atoms with van der Waals surface area (Å²) < 4.78 is 0. The van der Waals surface area contributed by atoms with Crippen LogP contribution in [-0.2, 0) is 0 Å². The summed E-state index contributed by atoms with van der Waals surface area (Å²) in [5.74, 6) is 0. The molecule has 0 aromatic carbocycles. The van der Waals surface area contributed by atoms with Crippen molar-refractivity contribution in [1.82, 2.24) is 10.3 Å². The Morgan fingerprint density at radius 1 is 1.36 bits per heavy atom. The molecule has 1 aromatic rings. The van der Waals surface area contributed by atoms with Crippen LogP contribution in [0.1, 0.15) is 45.2 Å². The van der Waals surface area contributed by atoms with Crippen molar-refractivity contribution in [3.63, 3.8) is 0 Å². The van der Waals surface area contributed by atoms with Crippen molar-refractivity contribution in [2.45, 2.75) is 45.7 Å². The first-order valence-corrected chi connectivity index (χ1v) is 5.43. The lowest BCUT2D eigenvalue weighted by atomic mass is 10.1. The van der Waals surface area contributed by atoms with Gasteiger partial charge >= 0.3 is 0 Å². The number of rotatable bonds is 5. The molecule has 2 heteroatoms. The molecule has 1 rings (SSSR count). The second-order valence-corrected chi connectivity index (χ2v) is 3.69. The highest BCUT2D eigenvalue weighted by molar-refractivity contribution is 5.12. The minimum Gasteiger partial charge on any atom is -0.307 e. The van der Waals surface area contributed by atoms with Gasteiger partial charge < -0.3 is 5.32 Å². The van der Waals surface area contributed by atoms with Crippen molar-refractivity contribution in [3.05, 3.63) is 30.1 Å². The van der Waals surface area contributed by atoms with Gasteiger partial charge in [0.2, 0.25) is 0 Å². The van der Waals surface area contributed by atoms with Crippen molar-refractivity contribution in [2.24, 2.45) is 0 Å². The monoisotopic (exact) mass is 192 g/mol. The fraction of sp³-hybridized carbons (Fsp3) is 0.583.